The van der Waals surface area contributed by atoms with Gasteiger partial charge in [0.2, 0.25) is 0 Å². The number of hydrogen-bond acceptors (Lipinski definition) is 5. The van der Waals surface area contributed by atoms with E-state index in [9.17, 15) is 4.79 Å². The van der Waals surface area contributed by atoms with Gasteiger partial charge in [0.1, 0.15) is 16.7 Å². The molecule has 0 radical (unpaired) electrons. The first-order valence-corrected chi connectivity index (χ1v) is 8.65. The molecule has 27 heavy (non-hydrogen) atoms. The van der Waals surface area contributed by atoms with Crippen LogP contribution in [-0.4, -0.2) is 30.8 Å². The molecule has 1 amide bonds. The van der Waals surface area contributed by atoms with E-state index < -0.39 is 5.91 Å². The zero-order valence-corrected chi connectivity index (χ0v) is 15.8. The third kappa shape index (κ3) is 5.09. The summed E-state index contributed by atoms with van der Waals surface area (Å²) in [5, 5.41) is 5.61. The molecule has 0 aliphatic rings. The molecule has 6 nitrogen and oxygen atoms in total. The van der Waals surface area contributed by atoms with Crippen molar-refractivity contribution in [1.82, 2.24) is 10.4 Å². The molecule has 0 fully saturated rings. The zero-order valence-electron chi connectivity index (χ0n) is 14.3. The first-order chi connectivity index (χ1) is 13.0. The molecule has 0 saturated carbocycles. The van der Waals surface area contributed by atoms with Crippen LogP contribution in [0.4, 0.5) is 0 Å². The van der Waals surface area contributed by atoms with E-state index in [4.69, 9.17) is 32.7 Å². The summed E-state index contributed by atoms with van der Waals surface area (Å²) in [6.07, 6.45) is 1.43. The van der Waals surface area contributed by atoms with Crippen LogP contribution in [0, 0.1) is 0 Å². The third-order valence-corrected chi connectivity index (χ3v) is 4.13. The fourth-order valence-corrected chi connectivity index (χ4v) is 2.57. The molecule has 3 aromatic rings. The van der Waals surface area contributed by atoms with E-state index in [1.807, 2.05) is 18.2 Å². The molecule has 0 aliphatic carbocycles. The van der Waals surface area contributed by atoms with Gasteiger partial charge in [-0.1, -0.05) is 23.2 Å². The molecule has 1 heterocycles. The highest BCUT2D eigenvalue weighted by atomic mass is 35.5. The number of carbonyl (C=O) groups excluding carboxylic acids is 1. The van der Waals surface area contributed by atoms with Gasteiger partial charge in [-0.15, -0.1) is 0 Å². The predicted octanol–water partition coefficient (Wildman–Crippen LogP) is 4.08. The van der Waals surface area contributed by atoms with Gasteiger partial charge in [0.25, 0.3) is 5.91 Å². The molecule has 138 valence electrons. The summed E-state index contributed by atoms with van der Waals surface area (Å²) in [7, 11) is 1.59. The molecule has 0 unspecified atom stereocenters. The number of nitrogens with one attached hydrogen (secondary N) is 1. The molecule has 1 aromatic heterocycles. The molecule has 1 N–H and O–H groups in total. The molecule has 2 aromatic carbocycles. The van der Waals surface area contributed by atoms with Crippen molar-refractivity contribution in [2.75, 3.05) is 13.7 Å². The molecule has 8 heteroatoms. The number of aromatic nitrogens is 1. The molecule has 0 spiro atoms. The van der Waals surface area contributed by atoms with Crippen LogP contribution >= 0.6 is 23.2 Å². The van der Waals surface area contributed by atoms with Crippen molar-refractivity contribution in [3.63, 3.8) is 0 Å². The number of methoxy groups -OCH3 is 1. The predicted molar refractivity (Wildman–Crippen MR) is 106 cm³/mol. The first kappa shape index (κ1) is 18.9. The number of hydrogen-bond donors (Lipinski definition) is 1. The second-order valence-electron chi connectivity index (χ2n) is 5.46. The van der Waals surface area contributed by atoms with Crippen molar-refractivity contribution in [3.8, 4) is 11.5 Å². The van der Waals surface area contributed by atoms with E-state index in [0.29, 0.717) is 22.1 Å². The van der Waals surface area contributed by atoms with Gasteiger partial charge in [0.15, 0.2) is 6.61 Å². The Morgan fingerprint density at radius 3 is 2.63 bits per heavy atom. The lowest BCUT2D eigenvalue weighted by atomic mass is 10.1. The smallest absolute Gasteiger partial charge is 0.277 e. The summed E-state index contributed by atoms with van der Waals surface area (Å²) in [4.78, 5) is 16.1. The van der Waals surface area contributed by atoms with E-state index >= 15 is 0 Å². The Morgan fingerprint density at radius 2 is 1.89 bits per heavy atom. The highest BCUT2D eigenvalue weighted by Gasteiger charge is 2.05. The number of carbonyl (C=O) groups is 1. The molecule has 0 atom stereocenters. The quantitative estimate of drug-likeness (QED) is 0.382. The molecule has 0 aliphatic heterocycles. The summed E-state index contributed by atoms with van der Waals surface area (Å²) < 4.78 is 10.5. The Kier molecular flexibility index (Phi) is 6.11. The number of benzene rings is 2. The number of fused-ring (bicyclic) bond motifs is 1. The Morgan fingerprint density at radius 1 is 1.15 bits per heavy atom. The summed E-state index contributed by atoms with van der Waals surface area (Å²) >= 11 is 12.0. The number of nitrogens with zero attached hydrogens (tertiary/aromatic N) is 2. The van der Waals surface area contributed by atoms with Crippen molar-refractivity contribution >= 4 is 46.2 Å². The molecular weight excluding hydrogens is 389 g/mol. The number of rotatable bonds is 6. The normalized spacial score (nSPS) is 10.9. The van der Waals surface area contributed by atoms with Gasteiger partial charge in [0.05, 0.1) is 18.8 Å². The van der Waals surface area contributed by atoms with E-state index in [2.05, 4.69) is 15.5 Å². The largest absolute Gasteiger partial charge is 0.497 e. The van der Waals surface area contributed by atoms with Crippen LogP contribution in [0.25, 0.3) is 10.9 Å². The van der Waals surface area contributed by atoms with Crippen LogP contribution in [0.15, 0.2) is 53.6 Å². The van der Waals surface area contributed by atoms with E-state index in [1.54, 1.807) is 37.4 Å². The lowest BCUT2D eigenvalue weighted by Crippen LogP contribution is -2.24. The van der Waals surface area contributed by atoms with Gasteiger partial charge < -0.3 is 9.47 Å². The fraction of sp³-hybridized carbons (Fsp3) is 0.105. The van der Waals surface area contributed by atoms with E-state index in [0.717, 1.165) is 10.9 Å². The summed E-state index contributed by atoms with van der Waals surface area (Å²) in [5.41, 5.74) is 3.68. The van der Waals surface area contributed by atoms with Gasteiger partial charge in [-0.2, -0.15) is 5.10 Å². The highest BCUT2D eigenvalue weighted by molar-refractivity contribution is 6.32. The summed E-state index contributed by atoms with van der Waals surface area (Å²) in [6, 6.07) is 14.0. The van der Waals surface area contributed by atoms with Gasteiger partial charge in [-0.3, -0.25) is 4.79 Å². The minimum Gasteiger partial charge on any atom is -0.497 e. The Balaban J connectivity index is 1.62. The van der Waals surface area contributed by atoms with Crippen LogP contribution in [0.2, 0.25) is 10.2 Å². The Hall–Kier alpha value is -2.83. The number of amides is 1. The lowest BCUT2D eigenvalue weighted by Gasteiger charge is -2.06. The van der Waals surface area contributed by atoms with E-state index in [1.165, 1.54) is 6.21 Å². The van der Waals surface area contributed by atoms with Crippen molar-refractivity contribution in [1.29, 1.82) is 0 Å². The maximum Gasteiger partial charge on any atom is 0.277 e. The number of hydrazone groups is 1. The van der Waals surface area contributed by atoms with Crippen molar-refractivity contribution in [3.05, 3.63) is 64.3 Å². The van der Waals surface area contributed by atoms with Crippen molar-refractivity contribution in [2.45, 2.75) is 0 Å². The minimum atomic E-state index is -0.409. The summed E-state index contributed by atoms with van der Waals surface area (Å²) in [5.74, 6) is 0.837. The van der Waals surface area contributed by atoms with Crippen LogP contribution in [0.3, 0.4) is 0 Å². The number of halogens is 2. The monoisotopic (exact) mass is 403 g/mol. The lowest BCUT2D eigenvalue weighted by molar-refractivity contribution is -0.123. The highest BCUT2D eigenvalue weighted by Crippen LogP contribution is 2.23. The second-order valence-corrected chi connectivity index (χ2v) is 6.26. The topological polar surface area (TPSA) is 72.8 Å². The van der Waals surface area contributed by atoms with Crippen LogP contribution in [-0.2, 0) is 4.79 Å². The van der Waals surface area contributed by atoms with Crippen LogP contribution in [0.1, 0.15) is 5.56 Å². The Bertz CT molecular complexity index is 991. The standard InChI is InChI=1S/C19H15Cl2N3O3/c1-26-16-6-7-17-12(9-16)8-13(19(21)23-17)10-22-24-18(25)11-27-15-4-2-14(20)3-5-15/h2-10H,11H2,1H3,(H,24,25)/b22-10-. The molecule has 0 saturated heterocycles. The zero-order chi connectivity index (χ0) is 19.2. The van der Waals surface area contributed by atoms with Crippen LogP contribution in [0.5, 0.6) is 11.5 Å². The van der Waals surface area contributed by atoms with Gasteiger partial charge in [0, 0.05) is 16.0 Å². The van der Waals surface area contributed by atoms with Crippen molar-refractivity contribution < 1.29 is 14.3 Å². The van der Waals surface area contributed by atoms with Gasteiger partial charge >= 0.3 is 0 Å². The molecule has 3 rings (SSSR count). The van der Waals surface area contributed by atoms with Crippen LogP contribution < -0.4 is 14.9 Å². The maximum atomic E-state index is 11.8. The fourth-order valence-electron chi connectivity index (χ4n) is 2.25. The minimum absolute atomic E-state index is 0.181. The third-order valence-electron chi connectivity index (χ3n) is 3.58. The SMILES string of the molecule is COc1ccc2nc(Cl)c(/C=N\NC(=O)COc3ccc(Cl)cc3)cc2c1. The average Bonchev–Trinajstić information content (AvgIpc) is 2.67. The van der Waals surface area contributed by atoms with Gasteiger partial charge in [-0.25, -0.2) is 10.4 Å². The van der Waals surface area contributed by atoms with Crippen molar-refractivity contribution in [2.24, 2.45) is 5.10 Å². The number of ether oxygens (including phenoxy) is 2. The molecular formula is C19H15Cl2N3O3. The number of pyridine rings is 1. The average molecular weight is 404 g/mol. The summed E-state index contributed by atoms with van der Waals surface area (Å²) in [6.45, 7) is -0.181. The maximum absolute atomic E-state index is 11.8. The second kappa shape index (κ2) is 8.70. The van der Waals surface area contributed by atoms with E-state index in [-0.39, 0.29) is 11.8 Å². The first-order valence-electron chi connectivity index (χ1n) is 7.90. The Labute approximate surface area is 165 Å². The van der Waals surface area contributed by atoms with Gasteiger partial charge in [-0.05, 0) is 48.5 Å². The molecule has 0 bridgehead atoms.